The number of aryl methyl sites for hydroxylation is 1. The highest BCUT2D eigenvalue weighted by Gasteiger charge is 2.37. The third-order valence-corrected chi connectivity index (χ3v) is 3.11. The van der Waals surface area contributed by atoms with Crippen LogP contribution in [-0.4, -0.2) is 27.9 Å². The summed E-state index contributed by atoms with van der Waals surface area (Å²) in [5.74, 6) is 1.12. The molecule has 2 rings (SSSR count). The van der Waals surface area contributed by atoms with E-state index in [2.05, 4.69) is 22.3 Å². The maximum atomic E-state index is 4.35. The minimum atomic E-state index is 0.227. The van der Waals surface area contributed by atoms with Crippen LogP contribution in [0, 0.1) is 0 Å². The molecule has 1 atom stereocenters. The smallest absolute Gasteiger partial charge is 0.138 e. The van der Waals surface area contributed by atoms with Crippen LogP contribution in [0.5, 0.6) is 0 Å². The highest BCUT2D eigenvalue weighted by Crippen LogP contribution is 2.31. The number of nitrogens with one attached hydrogen (secondary N) is 1. The van der Waals surface area contributed by atoms with Gasteiger partial charge in [0.2, 0.25) is 0 Å². The third-order valence-electron chi connectivity index (χ3n) is 3.11. The lowest BCUT2D eigenvalue weighted by atomic mass is 9.83. The molecule has 1 unspecified atom stereocenters. The molecule has 72 valence electrons. The number of aromatic nitrogens is 3. The summed E-state index contributed by atoms with van der Waals surface area (Å²) in [5, 5.41) is 7.53. The summed E-state index contributed by atoms with van der Waals surface area (Å²) < 4.78 is 1.90. The molecule has 4 heteroatoms. The summed E-state index contributed by atoms with van der Waals surface area (Å²) >= 11 is 0. The molecule has 0 radical (unpaired) electrons. The molecule has 1 aliphatic heterocycles. The second kappa shape index (κ2) is 3.10. The lowest BCUT2D eigenvalue weighted by Gasteiger charge is -2.24. The molecule has 4 nitrogen and oxygen atoms in total. The zero-order chi connectivity index (χ0) is 9.31. The molecule has 0 aromatic carbocycles. The van der Waals surface area contributed by atoms with Crippen molar-refractivity contribution in [3.8, 4) is 0 Å². The quantitative estimate of drug-likeness (QED) is 0.719. The van der Waals surface area contributed by atoms with Crippen molar-refractivity contribution in [2.45, 2.75) is 25.2 Å². The van der Waals surface area contributed by atoms with Crippen LogP contribution >= 0.6 is 0 Å². The highest BCUT2D eigenvalue weighted by atomic mass is 15.3. The van der Waals surface area contributed by atoms with E-state index in [0.29, 0.717) is 0 Å². The van der Waals surface area contributed by atoms with Gasteiger partial charge in [0.05, 0.1) is 0 Å². The van der Waals surface area contributed by atoms with E-state index in [4.69, 9.17) is 0 Å². The van der Waals surface area contributed by atoms with Gasteiger partial charge in [-0.2, -0.15) is 5.10 Å². The van der Waals surface area contributed by atoms with Gasteiger partial charge in [0.15, 0.2) is 0 Å². The molecular formula is C9H16N4. The van der Waals surface area contributed by atoms with Crippen LogP contribution in [-0.2, 0) is 12.5 Å². The predicted octanol–water partition coefficient (Wildman–Crippen LogP) is 0.456. The molecule has 1 aromatic rings. The topological polar surface area (TPSA) is 42.7 Å². The molecule has 0 aliphatic carbocycles. The van der Waals surface area contributed by atoms with Gasteiger partial charge in [-0.15, -0.1) is 0 Å². The fourth-order valence-corrected chi connectivity index (χ4v) is 2.17. The molecule has 0 spiro atoms. The summed E-state index contributed by atoms with van der Waals surface area (Å²) in [7, 11) is 1.97. The average Bonchev–Trinajstić information content (AvgIpc) is 2.73. The van der Waals surface area contributed by atoms with Crippen molar-refractivity contribution in [3.63, 3.8) is 0 Å². The van der Waals surface area contributed by atoms with Crippen LogP contribution in [0.25, 0.3) is 0 Å². The third kappa shape index (κ3) is 1.25. The number of hydrogen-bond acceptors (Lipinski definition) is 3. The monoisotopic (exact) mass is 180 g/mol. The molecule has 1 saturated heterocycles. The Labute approximate surface area is 78.4 Å². The van der Waals surface area contributed by atoms with Gasteiger partial charge in [0.1, 0.15) is 12.2 Å². The molecule has 2 heterocycles. The second-order valence-electron chi connectivity index (χ2n) is 3.77. The Morgan fingerprint density at radius 1 is 1.69 bits per heavy atom. The fourth-order valence-electron chi connectivity index (χ4n) is 2.17. The Morgan fingerprint density at radius 2 is 2.54 bits per heavy atom. The zero-order valence-corrected chi connectivity index (χ0v) is 8.25. The van der Waals surface area contributed by atoms with E-state index >= 15 is 0 Å². The predicted molar refractivity (Wildman–Crippen MR) is 50.5 cm³/mol. The first-order valence-electron chi connectivity index (χ1n) is 4.84. The van der Waals surface area contributed by atoms with Gasteiger partial charge in [-0.05, 0) is 19.4 Å². The lowest BCUT2D eigenvalue weighted by Crippen LogP contribution is -2.31. The number of nitrogens with zero attached hydrogens (tertiary/aromatic N) is 3. The first-order chi connectivity index (χ1) is 6.28. The SMILES string of the molecule is CCC1(c2ncnn2C)CCNC1. The first-order valence-corrected chi connectivity index (χ1v) is 4.84. The van der Waals surface area contributed by atoms with Gasteiger partial charge >= 0.3 is 0 Å². The van der Waals surface area contributed by atoms with Crippen LogP contribution in [0.2, 0.25) is 0 Å². The Balaban J connectivity index is 2.36. The molecule has 1 aliphatic rings. The van der Waals surface area contributed by atoms with Crippen molar-refractivity contribution < 1.29 is 0 Å². The Morgan fingerprint density at radius 3 is 3.00 bits per heavy atom. The molecule has 1 N–H and O–H groups in total. The zero-order valence-electron chi connectivity index (χ0n) is 8.25. The van der Waals surface area contributed by atoms with Crippen LogP contribution in [0.4, 0.5) is 0 Å². The van der Waals surface area contributed by atoms with E-state index in [9.17, 15) is 0 Å². The molecule has 0 bridgehead atoms. The van der Waals surface area contributed by atoms with Crippen molar-refractivity contribution >= 4 is 0 Å². The minimum Gasteiger partial charge on any atom is -0.316 e. The molecular weight excluding hydrogens is 164 g/mol. The van der Waals surface area contributed by atoms with Gasteiger partial charge < -0.3 is 5.32 Å². The van der Waals surface area contributed by atoms with E-state index in [1.54, 1.807) is 6.33 Å². The maximum Gasteiger partial charge on any atom is 0.138 e. The summed E-state index contributed by atoms with van der Waals surface area (Å²) in [6.45, 7) is 4.36. The van der Waals surface area contributed by atoms with E-state index in [1.165, 1.54) is 6.42 Å². The van der Waals surface area contributed by atoms with Crippen LogP contribution < -0.4 is 5.32 Å². The first kappa shape index (κ1) is 8.69. The van der Waals surface area contributed by atoms with E-state index in [0.717, 1.165) is 25.3 Å². The average molecular weight is 180 g/mol. The van der Waals surface area contributed by atoms with Crippen LogP contribution in [0.15, 0.2) is 6.33 Å². The number of rotatable bonds is 2. The Kier molecular flexibility index (Phi) is 2.07. The van der Waals surface area contributed by atoms with Gasteiger partial charge in [-0.25, -0.2) is 4.98 Å². The molecule has 1 fully saturated rings. The van der Waals surface area contributed by atoms with E-state index < -0.39 is 0 Å². The fraction of sp³-hybridized carbons (Fsp3) is 0.778. The highest BCUT2D eigenvalue weighted by molar-refractivity contribution is 5.11. The van der Waals surface area contributed by atoms with E-state index in [-0.39, 0.29) is 5.41 Å². The van der Waals surface area contributed by atoms with Crippen molar-refractivity contribution in [1.29, 1.82) is 0 Å². The van der Waals surface area contributed by atoms with Crippen molar-refractivity contribution in [2.75, 3.05) is 13.1 Å². The lowest BCUT2D eigenvalue weighted by molar-refractivity contribution is 0.405. The minimum absolute atomic E-state index is 0.227. The Hall–Kier alpha value is -0.900. The Bertz CT molecular complexity index is 286. The molecule has 13 heavy (non-hydrogen) atoms. The summed E-state index contributed by atoms with van der Waals surface area (Å²) in [5.41, 5.74) is 0.227. The standard InChI is InChI=1S/C9H16N4/c1-3-9(4-5-10-6-9)8-11-7-12-13(8)2/h7,10H,3-6H2,1-2H3. The number of hydrogen-bond donors (Lipinski definition) is 1. The van der Waals surface area contributed by atoms with Gasteiger partial charge in [0.25, 0.3) is 0 Å². The largest absolute Gasteiger partial charge is 0.316 e. The normalized spacial score (nSPS) is 28.2. The van der Waals surface area contributed by atoms with Crippen LogP contribution in [0.3, 0.4) is 0 Å². The molecule has 0 saturated carbocycles. The molecule has 0 amide bonds. The van der Waals surface area contributed by atoms with Crippen molar-refractivity contribution in [3.05, 3.63) is 12.2 Å². The van der Waals surface area contributed by atoms with Crippen LogP contribution in [0.1, 0.15) is 25.6 Å². The van der Waals surface area contributed by atoms with Gasteiger partial charge in [-0.1, -0.05) is 6.92 Å². The summed E-state index contributed by atoms with van der Waals surface area (Å²) in [4.78, 5) is 4.35. The summed E-state index contributed by atoms with van der Waals surface area (Å²) in [6.07, 6.45) is 3.95. The second-order valence-corrected chi connectivity index (χ2v) is 3.77. The van der Waals surface area contributed by atoms with Gasteiger partial charge in [-0.3, -0.25) is 4.68 Å². The van der Waals surface area contributed by atoms with Crippen molar-refractivity contribution in [2.24, 2.45) is 7.05 Å². The summed E-state index contributed by atoms with van der Waals surface area (Å²) in [6, 6.07) is 0. The van der Waals surface area contributed by atoms with Gasteiger partial charge in [0, 0.05) is 19.0 Å². The van der Waals surface area contributed by atoms with Crippen molar-refractivity contribution in [1.82, 2.24) is 20.1 Å². The maximum absolute atomic E-state index is 4.35. The molecule has 1 aromatic heterocycles. The van der Waals surface area contributed by atoms with E-state index in [1.807, 2.05) is 11.7 Å².